The van der Waals surface area contributed by atoms with Gasteiger partial charge in [0, 0.05) is 23.1 Å². The van der Waals surface area contributed by atoms with E-state index in [1.807, 2.05) is 60.4 Å². The maximum absolute atomic E-state index is 12.3. The van der Waals surface area contributed by atoms with Gasteiger partial charge in [-0.2, -0.15) is 0 Å². The summed E-state index contributed by atoms with van der Waals surface area (Å²) in [5.41, 5.74) is 0.964. The van der Waals surface area contributed by atoms with E-state index in [1.54, 1.807) is 0 Å². The molecular formula is C22H25ClN2O3. The van der Waals surface area contributed by atoms with Crippen LogP contribution in [0.2, 0.25) is 5.02 Å². The third-order valence-electron chi connectivity index (χ3n) is 5.50. The van der Waals surface area contributed by atoms with Crippen LogP contribution in [-0.4, -0.2) is 35.7 Å². The summed E-state index contributed by atoms with van der Waals surface area (Å²) in [4.78, 5) is 14.2. The van der Waals surface area contributed by atoms with E-state index < -0.39 is 0 Å². The van der Waals surface area contributed by atoms with Crippen molar-refractivity contribution in [2.45, 2.75) is 50.7 Å². The molecule has 2 aromatic carbocycles. The van der Waals surface area contributed by atoms with E-state index >= 15 is 0 Å². The molecule has 6 heteroatoms. The van der Waals surface area contributed by atoms with Crippen LogP contribution in [0.15, 0.2) is 48.5 Å². The van der Waals surface area contributed by atoms with Crippen molar-refractivity contribution in [2.75, 3.05) is 11.9 Å². The zero-order valence-corrected chi connectivity index (χ0v) is 16.7. The van der Waals surface area contributed by atoms with E-state index in [4.69, 9.17) is 21.1 Å². The van der Waals surface area contributed by atoms with E-state index in [0.29, 0.717) is 17.7 Å². The Labute approximate surface area is 170 Å². The second kappa shape index (κ2) is 8.31. The molecule has 2 fully saturated rings. The summed E-state index contributed by atoms with van der Waals surface area (Å²) in [7, 11) is 0. The maximum atomic E-state index is 12.3. The van der Waals surface area contributed by atoms with Crippen molar-refractivity contribution in [3.8, 4) is 11.5 Å². The number of carbonyl (C=O) groups is 1. The van der Waals surface area contributed by atoms with E-state index in [-0.39, 0.29) is 18.2 Å². The van der Waals surface area contributed by atoms with Crippen molar-refractivity contribution >= 4 is 23.4 Å². The molecule has 0 saturated carbocycles. The second-order valence-corrected chi connectivity index (χ2v) is 7.79. The van der Waals surface area contributed by atoms with Crippen LogP contribution < -0.4 is 10.1 Å². The minimum atomic E-state index is -0.167. The highest BCUT2D eigenvalue weighted by molar-refractivity contribution is 6.30. The van der Waals surface area contributed by atoms with Gasteiger partial charge in [-0.1, -0.05) is 23.7 Å². The Bertz CT molecular complexity index is 813. The number of ether oxygens (including phenoxy) is 2. The van der Waals surface area contributed by atoms with Crippen LogP contribution in [0.4, 0.5) is 10.5 Å². The van der Waals surface area contributed by atoms with Crippen LogP contribution in [0.3, 0.4) is 0 Å². The molecule has 2 aliphatic rings. The minimum absolute atomic E-state index is 0.167. The average molecular weight is 401 g/mol. The third-order valence-corrected chi connectivity index (χ3v) is 5.75. The van der Waals surface area contributed by atoms with Crippen LogP contribution >= 0.6 is 11.6 Å². The molecule has 5 nitrogen and oxygen atoms in total. The molecule has 2 heterocycles. The molecule has 2 bridgehead atoms. The molecule has 2 aromatic rings. The largest absolute Gasteiger partial charge is 0.455 e. The van der Waals surface area contributed by atoms with Gasteiger partial charge >= 0.3 is 6.09 Å². The van der Waals surface area contributed by atoms with Gasteiger partial charge in [0.15, 0.2) is 5.75 Å². The summed E-state index contributed by atoms with van der Waals surface area (Å²) in [5.74, 6) is 1.53. The summed E-state index contributed by atoms with van der Waals surface area (Å²) >= 11 is 5.96. The Morgan fingerprint density at radius 2 is 1.79 bits per heavy atom. The minimum Gasteiger partial charge on any atom is -0.455 e. The Balaban J connectivity index is 1.44. The predicted molar refractivity (Wildman–Crippen MR) is 110 cm³/mol. The third kappa shape index (κ3) is 4.04. The Kier molecular flexibility index (Phi) is 5.62. The lowest BCUT2D eigenvalue weighted by Gasteiger charge is -2.38. The number of carbonyl (C=O) groups excluding carboxylic acids is 1. The molecule has 148 valence electrons. The Hall–Kier alpha value is -2.40. The number of rotatable bonds is 5. The van der Waals surface area contributed by atoms with Crippen molar-refractivity contribution < 1.29 is 14.3 Å². The fourth-order valence-corrected chi connectivity index (χ4v) is 4.44. The number of hydrogen-bond donors (Lipinski definition) is 1. The highest BCUT2D eigenvalue weighted by Gasteiger charge is 2.44. The number of hydrogen-bond acceptors (Lipinski definition) is 4. The maximum Gasteiger partial charge on any atom is 0.410 e. The number of para-hydroxylation sites is 2. The van der Waals surface area contributed by atoms with E-state index in [0.717, 1.165) is 42.9 Å². The van der Waals surface area contributed by atoms with Crippen LogP contribution in [0, 0.1) is 0 Å². The van der Waals surface area contributed by atoms with Gasteiger partial charge in [0.2, 0.25) is 0 Å². The quantitative estimate of drug-likeness (QED) is 0.699. The molecule has 4 rings (SSSR count). The number of nitrogens with one attached hydrogen (secondary N) is 1. The second-order valence-electron chi connectivity index (χ2n) is 7.36. The van der Waals surface area contributed by atoms with E-state index in [2.05, 4.69) is 5.32 Å². The van der Waals surface area contributed by atoms with Gasteiger partial charge in [0.05, 0.1) is 12.3 Å². The zero-order valence-electron chi connectivity index (χ0n) is 15.9. The molecule has 0 aromatic heterocycles. The molecule has 0 aliphatic carbocycles. The lowest BCUT2D eigenvalue weighted by molar-refractivity contribution is 0.0711. The monoisotopic (exact) mass is 400 g/mol. The van der Waals surface area contributed by atoms with Crippen molar-refractivity contribution in [1.82, 2.24) is 4.90 Å². The molecule has 2 unspecified atom stereocenters. The van der Waals surface area contributed by atoms with E-state index in [1.165, 1.54) is 0 Å². The Morgan fingerprint density at radius 3 is 2.46 bits per heavy atom. The predicted octanol–water partition coefficient (Wildman–Crippen LogP) is 5.70. The van der Waals surface area contributed by atoms with Gasteiger partial charge in [0.1, 0.15) is 5.75 Å². The molecule has 0 radical (unpaired) electrons. The van der Waals surface area contributed by atoms with Crippen molar-refractivity contribution in [1.29, 1.82) is 0 Å². The van der Waals surface area contributed by atoms with Gasteiger partial charge in [-0.25, -0.2) is 4.79 Å². The molecule has 2 saturated heterocycles. The number of halogens is 1. The zero-order chi connectivity index (χ0) is 19.5. The topological polar surface area (TPSA) is 50.8 Å². The summed E-state index contributed by atoms with van der Waals surface area (Å²) in [5, 5.41) is 4.33. The first-order valence-corrected chi connectivity index (χ1v) is 10.3. The summed E-state index contributed by atoms with van der Waals surface area (Å²) in [6, 6.07) is 16.1. The molecule has 2 aliphatic heterocycles. The normalized spacial score (nSPS) is 23.4. The van der Waals surface area contributed by atoms with Crippen molar-refractivity contribution in [3.05, 3.63) is 53.6 Å². The lowest BCUT2D eigenvalue weighted by Crippen LogP contribution is -2.49. The number of amides is 1. The lowest BCUT2D eigenvalue weighted by atomic mass is 9.97. The first kappa shape index (κ1) is 18.9. The van der Waals surface area contributed by atoms with Crippen LogP contribution in [-0.2, 0) is 4.74 Å². The number of anilines is 1. The van der Waals surface area contributed by atoms with Crippen LogP contribution in [0.25, 0.3) is 0 Å². The highest BCUT2D eigenvalue weighted by atomic mass is 35.5. The Morgan fingerprint density at radius 1 is 1.11 bits per heavy atom. The van der Waals surface area contributed by atoms with Crippen LogP contribution in [0.1, 0.15) is 32.6 Å². The SMILES string of the molecule is CCOC(=O)N1C2CCC1CC(Nc1ccccc1Oc1ccc(Cl)cc1)C2. The number of nitrogens with zero attached hydrogens (tertiary/aromatic N) is 1. The van der Waals surface area contributed by atoms with Gasteiger partial charge < -0.3 is 19.7 Å². The molecule has 2 atom stereocenters. The van der Waals surface area contributed by atoms with Crippen molar-refractivity contribution in [3.63, 3.8) is 0 Å². The smallest absolute Gasteiger partial charge is 0.410 e. The van der Waals surface area contributed by atoms with E-state index in [9.17, 15) is 4.79 Å². The standard InChI is InChI=1S/C22H25ClN2O3/c1-2-27-22(26)25-17-9-10-18(25)14-16(13-17)24-20-5-3-4-6-21(20)28-19-11-7-15(23)8-12-19/h3-8,11-12,16-18,24H,2,9-10,13-14H2,1H3. The summed E-state index contributed by atoms with van der Waals surface area (Å²) in [6.45, 7) is 2.28. The van der Waals surface area contributed by atoms with Gasteiger partial charge in [-0.15, -0.1) is 0 Å². The number of benzene rings is 2. The van der Waals surface area contributed by atoms with Gasteiger partial charge in [0.25, 0.3) is 0 Å². The first-order chi connectivity index (χ1) is 13.6. The summed E-state index contributed by atoms with van der Waals surface area (Å²) in [6.07, 6.45) is 3.77. The van der Waals surface area contributed by atoms with Gasteiger partial charge in [-0.05, 0) is 69.0 Å². The fourth-order valence-electron chi connectivity index (χ4n) is 4.32. The average Bonchev–Trinajstić information content (AvgIpc) is 2.96. The number of fused-ring (bicyclic) bond motifs is 2. The van der Waals surface area contributed by atoms with Gasteiger partial charge in [-0.3, -0.25) is 0 Å². The first-order valence-electron chi connectivity index (χ1n) is 9.88. The highest BCUT2D eigenvalue weighted by Crippen LogP contribution is 2.39. The molecule has 28 heavy (non-hydrogen) atoms. The van der Waals surface area contributed by atoms with Crippen LogP contribution in [0.5, 0.6) is 11.5 Å². The molecule has 1 N–H and O–H groups in total. The fraction of sp³-hybridized carbons (Fsp3) is 0.409. The molecular weight excluding hydrogens is 376 g/mol. The van der Waals surface area contributed by atoms with Crippen molar-refractivity contribution in [2.24, 2.45) is 0 Å². The molecule has 0 spiro atoms. The summed E-state index contributed by atoms with van der Waals surface area (Å²) < 4.78 is 11.3. The molecule has 1 amide bonds. The number of piperidine rings is 1.